The summed E-state index contributed by atoms with van der Waals surface area (Å²) in [4.78, 5) is 9.44. The Hall–Kier alpha value is -1.23. The Morgan fingerprint density at radius 2 is 1.89 bits per heavy atom. The molecule has 0 fully saturated rings. The van der Waals surface area contributed by atoms with Gasteiger partial charge < -0.3 is 0 Å². The second kappa shape index (κ2) is 4.71. The summed E-state index contributed by atoms with van der Waals surface area (Å²) in [5, 5.41) is 0.958. The van der Waals surface area contributed by atoms with Crippen molar-refractivity contribution >= 4 is 45.4 Å². The van der Waals surface area contributed by atoms with Gasteiger partial charge in [0.15, 0.2) is 5.82 Å². The average molecular weight is 313 g/mol. The van der Waals surface area contributed by atoms with Crippen LogP contribution < -0.4 is 0 Å². The average Bonchev–Trinajstić information content (AvgIpc) is 2.81. The number of fused-ring (bicyclic) bond motifs is 1. The molecule has 19 heavy (non-hydrogen) atoms. The molecule has 2 nitrogen and oxygen atoms in total. The smallest absolute Gasteiger partial charge is 0.171 e. The molecule has 3 aromatic rings. The normalized spacial score (nSPS) is 11.2. The predicted molar refractivity (Wildman–Crippen MR) is 77.6 cm³/mol. The van der Waals surface area contributed by atoms with Crippen molar-refractivity contribution in [1.82, 2.24) is 9.97 Å². The van der Waals surface area contributed by atoms with Crippen molar-refractivity contribution in [2.75, 3.05) is 0 Å². The van der Waals surface area contributed by atoms with Gasteiger partial charge in [-0.25, -0.2) is 14.4 Å². The van der Waals surface area contributed by atoms with Crippen molar-refractivity contribution in [3.8, 4) is 10.7 Å². The molecule has 0 saturated heterocycles. The lowest BCUT2D eigenvalue weighted by atomic mass is 10.1. The molecule has 6 heteroatoms. The lowest BCUT2D eigenvalue weighted by Crippen LogP contribution is -1.94. The number of rotatable bonds is 1. The van der Waals surface area contributed by atoms with E-state index in [4.69, 9.17) is 23.2 Å². The van der Waals surface area contributed by atoms with Gasteiger partial charge in [0, 0.05) is 10.9 Å². The van der Waals surface area contributed by atoms with Crippen molar-refractivity contribution in [1.29, 1.82) is 0 Å². The van der Waals surface area contributed by atoms with Crippen LogP contribution in [0.3, 0.4) is 0 Å². The van der Waals surface area contributed by atoms with Gasteiger partial charge in [0.1, 0.15) is 11.0 Å². The first-order valence-electron chi connectivity index (χ1n) is 5.44. The molecule has 0 bridgehead atoms. The summed E-state index contributed by atoms with van der Waals surface area (Å²) in [6.45, 7) is 1.67. The second-order valence-corrected chi connectivity index (χ2v) is 6.08. The Morgan fingerprint density at radius 1 is 1.11 bits per heavy atom. The van der Waals surface area contributed by atoms with Gasteiger partial charge in [0.2, 0.25) is 0 Å². The first-order valence-corrected chi connectivity index (χ1v) is 7.01. The van der Waals surface area contributed by atoms with E-state index in [1.165, 1.54) is 17.4 Å². The van der Waals surface area contributed by atoms with Crippen molar-refractivity contribution < 1.29 is 4.39 Å². The van der Waals surface area contributed by atoms with E-state index in [-0.39, 0.29) is 5.82 Å². The number of hydrogen-bond acceptors (Lipinski definition) is 3. The predicted octanol–water partition coefficient (Wildman–Crippen LogP) is 5.11. The Labute approximate surface area is 122 Å². The number of aryl methyl sites for hydroxylation is 1. The first-order chi connectivity index (χ1) is 9.06. The lowest BCUT2D eigenvalue weighted by Gasteiger charge is -2.06. The van der Waals surface area contributed by atoms with Crippen molar-refractivity contribution in [2.45, 2.75) is 6.92 Å². The fraction of sp³-hybridized carbons (Fsp3) is 0.0769. The Kier molecular flexibility index (Phi) is 3.17. The Balaban J connectivity index is 2.31. The summed E-state index contributed by atoms with van der Waals surface area (Å²) >= 11 is 13.4. The van der Waals surface area contributed by atoms with Gasteiger partial charge in [-0.2, -0.15) is 0 Å². The van der Waals surface area contributed by atoms with E-state index in [1.807, 2.05) is 6.07 Å². The number of thiophene rings is 1. The number of aromatic nitrogens is 2. The molecule has 2 heterocycles. The molecule has 0 aliphatic heterocycles. The van der Waals surface area contributed by atoms with Gasteiger partial charge >= 0.3 is 0 Å². The molecule has 2 aromatic heterocycles. The summed E-state index contributed by atoms with van der Waals surface area (Å²) in [6.07, 6.45) is 0. The third-order valence-electron chi connectivity index (χ3n) is 2.80. The van der Waals surface area contributed by atoms with Crippen LogP contribution in [0.5, 0.6) is 0 Å². The molecule has 1 aromatic carbocycles. The molecule has 0 unspecified atom stereocenters. The maximum absolute atomic E-state index is 13.6. The van der Waals surface area contributed by atoms with Crippen LogP contribution in [0.1, 0.15) is 5.56 Å². The van der Waals surface area contributed by atoms with E-state index in [1.54, 1.807) is 19.1 Å². The van der Waals surface area contributed by atoms with E-state index >= 15 is 0 Å². The topological polar surface area (TPSA) is 25.8 Å². The minimum Gasteiger partial charge on any atom is -0.227 e. The summed E-state index contributed by atoms with van der Waals surface area (Å²) < 4.78 is 14.2. The number of benzene rings is 1. The summed E-state index contributed by atoms with van der Waals surface area (Å²) in [5.74, 6) is 0.153. The van der Waals surface area contributed by atoms with Crippen LogP contribution in [0.15, 0.2) is 24.3 Å². The van der Waals surface area contributed by atoms with Crippen molar-refractivity contribution in [2.24, 2.45) is 0 Å². The SMILES string of the molecule is Cc1c(F)ccc2c(Cl)nc(-c3ccc(Cl)s3)nc12. The van der Waals surface area contributed by atoms with Crippen LogP contribution in [0, 0.1) is 12.7 Å². The van der Waals surface area contributed by atoms with Gasteiger partial charge in [-0.3, -0.25) is 0 Å². The third kappa shape index (κ3) is 2.20. The lowest BCUT2D eigenvalue weighted by molar-refractivity contribution is 0.620. The fourth-order valence-electron chi connectivity index (χ4n) is 1.81. The monoisotopic (exact) mass is 312 g/mol. The van der Waals surface area contributed by atoms with Crippen LogP contribution in [0.4, 0.5) is 4.39 Å². The summed E-state index contributed by atoms with van der Waals surface area (Å²) in [5.41, 5.74) is 0.991. The number of hydrogen-bond donors (Lipinski definition) is 0. The van der Waals surface area contributed by atoms with Crippen LogP contribution in [-0.2, 0) is 0 Å². The van der Waals surface area contributed by atoms with Crippen molar-refractivity contribution in [3.05, 3.63) is 45.1 Å². The van der Waals surface area contributed by atoms with E-state index in [0.717, 1.165) is 4.88 Å². The standard InChI is InChI=1S/C13H7Cl2FN2S/c1-6-8(16)3-2-7-11(6)17-13(18-12(7)15)9-4-5-10(14)19-9/h2-5H,1H3. The molecule has 0 radical (unpaired) electrons. The third-order valence-corrected chi connectivity index (χ3v) is 4.32. The maximum Gasteiger partial charge on any atom is 0.171 e. The minimum absolute atomic E-state index is 0.308. The highest BCUT2D eigenvalue weighted by Gasteiger charge is 2.13. The molecule has 0 N–H and O–H groups in total. The van der Waals surface area contributed by atoms with Crippen LogP contribution in [0.25, 0.3) is 21.6 Å². The molecule has 3 rings (SSSR count). The molecule has 96 valence electrons. The summed E-state index contributed by atoms with van der Waals surface area (Å²) in [7, 11) is 0. The van der Waals surface area contributed by atoms with E-state index in [0.29, 0.717) is 31.8 Å². The van der Waals surface area contributed by atoms with Crippen molar-refractivity contribution in [3.63, 3.8) is 0 Å². The molecule has 0 amide bonds. The van der Waals surface area contributed by atoms with Gasteiger partial charge in [-0.15, -0.1) is 11.3 Å². The molecule has 0 saturated carbocycles. The number of halogens is 3. The zero-order valence-corrected chi connectivity index (χ0v) is 12.1. The second-order valence-electron chi connectivity index (χ2n) is 4.01. The quantitative estimate of drug-likeness (QED) is 0.583. The molecular formula is C13H7Cl2FN2S. The largest absolute Gasteiger partial charge is 0.227 e. The summed E-state index contributed by atoms with van der Waals surface area (Å²) in [6, 6.07) is 6.54. The molecule has 0 aliphatic carbocycles. The van der Waals surface area contributed by atoms with Crippen LogP contribution in [-0.4, -0.2) is 9.97 Å². The highest BCUT2D eigenvalue weighted by atomic mass is 35.5. The van der Waals surface area contributed by atoms with Gasteiger partial charge in [-0.05, 0) is 31.2 Å². The maximum atomic E-state index is 13.6. The molecule has 0 spiro atoms. The first kappa shape index (κ1) is 12.8. The highest BCUT2D eigenvalue weighted by molar-refractivity contribution is 7.19. The fourth-order valence-corrected chi connectivity index (χ4v) is 3.02. The highest BCUT2D eigenvalue weighted by Crippen LogP contribution is 2.32. The van der Waals surface area contributed by atoms with Gasteiger partial charge in [0.25, 0.3) is 0 Å². The Morgan fingerprint density at radius 3 is 2.58 bits per heavy atom. The van der Waals surface area contributed by atoms with Crippen LogP contribution >= 0.6 is 34.5 Å². The molecule has 0 aliphatic rings. The zero-order chi connectivity index (χ0) is 13.6. The van der Waals surface area contributed by atoms with E-state index in [2.05, 4.69) is 9.97 Å². The van der Waals surface area contributed by atoms with E-state index in [9.17, 15) is 4.39 Å². The van der Waals surface area contributed by atoms with Gasteiger partial charge in [-0.1, -0.05) is 23.2 Å². The number of nitrogens with zero attached hydrogens (tertiary/aromatic N) is 2. The minimum atomic E-state index is -0.308. The molecule has 0 atom stereocenters. The zero-order valence-electron chi connectivity index (χ0n) is 9.75. The van der Waals surface area contributed by atoms with Crippen LogP contribution in [0.2, 0.25) is 9.49 Å². The van der Waals surface area contributed by atoms with Gasteiger partial charge in [0.05, 0.1) is 14.7 Å². The van der Waals surface area contributed by atoms with E-state index < -0.39 is 0 Å². The Bertz CT molecular complexity index is 786. The molecular weight excluding hydrogens is 306 g/mol.